The van der Waals surface area contributed by atoms with Gasteiger partial charge in [-0.25, -0.2) is 9.59 Å². The summed E-state index contributed by atoms with van der Waals surface area (Å²) in [7, 11) is 0. The number of nitrogens with one attached hydrogen (secondary N) is 1. The van der Waals surface area contributed by atoms with Crippen molar-refractivity contribution in [1.29, 1.82) is 0 Å². The Bertz CT molecular complexity index is 1790. The lowest BCUT2D eigenvalue weighted by Crippen LogP contribution is -2.56. The van der Waals surface area contributed by atoms with Crippen LogP contribution in [0, 0.1) is 0 Å². The predicted molar refractivity (Wildman–Crippen MR) is 174 cm³/mol. The molecule has 0 aliphatic carbocycles. The average Bonchev–Trinajstić information content (AvgIpc) is 3.04. The number of hydrogen-bond donors (Lipinski definition) is 2. The first-order valence-electron chi connectivity index (χ1n) is 15.5. The van der Waals surface area contributed by atoms with Gasteiger partial charge in [0.05, 0.1) is 6.54 Å². The number of amides is 2. The second-order valence-electron chi connectivity index (χ2n) is 12.5. The van der Waals surface area contributed by atoms with Crippen molar-refractivity contribution in [3.8, 4) is 28.4 Å². The SMILES string of the molecule is CC(C)(C)OC(=O)N1Cc2cc(Oc3ccc(OC(F)(F)F)cc3)ccc2C[C@H]1C(=O)N[C@@H](Cc1ccc(-c2ccccc2)cc1)C(=O)O. The fourth-order valence-corrected chi connectivity index (χ4v) is 5.38. The Morgan fingerprint density at radius 3 is 2.06 bits per heavy atom. The minimum absolute atomic E-state index is 0.0237. The zero-order chi connectivity index (χ0) is 35.3. The van der Waals surface area contributed by atoms with E-state index in [0.717, 1.165) is 28.8 Å². The first-order chi connectivity index (χ1) is 23.1. The zero-order valence-corrected chi connectivity index (χ0v) is 27.0. The topological polar surface area (TPSA) is 114 Å². The molecule has 49 heavy (non-hydrogen) atoms. The van der Waals surface area contributed by atoms with Crippen LogP contribution in [0.5, 0.6) is 17.2 Å². The highest BCUT2D eigenvalue weighted by Gasteiger charge is 2.38. The Balaban J connectivity index is 1.32. The number of carboxylic acid groups (broad SMARTS) is 1. The summed E-state index contributed by atoms with van der Waals surface area (Å²) in [6, 6.07) is 24.7. The van der Waals surface area contributed by atoms with Gasteiger partial charge < -0.3 is 24.6 Å². The number of alkyl halides is 3. The Hall–Kier alpha value is -5.52. The number of aliphatic carboxylic acids is 1. The molecule has 0 spiro atoms. The summed E-state index contributed by atoms with van der Waals surface area (Å²) in [5.41, 5.74) is 3.20. The predicted octanol–water partition coefficient (Wildman–Crippen LogP) is 7.52. The van der Waals surface area contributed by atoms with Crippen LogP contribution < -0.4 is 14.8 Å². The Labute approximate surface area is 281 Å². The Kier molecular flexibility index (Phi) is 10.2. The average molecular weight is 677 g/mol. The molecule has 2 amide bonds. The van der Waals surface area contributed by atoms with E-state index in [-0.39, 0.29) is 25.1 Å². The number of hydrogen-bond acceptors (Lipinski definition) is 6. The van der Waals surface area contributed by atoms with Crippen molar-refractivity contribution in [2.75, 3.05) is 0 Å². The maximum atomic E-state index is 13.7. The largest absolute Gasteiger partial charge is 0.573 e. The lowest BCUT2D eigenvalue weighted by atomic mass is 9.93. The molecule has 4 aromatic carbocycles. The summed E-state index contributed by atoms with van der Waals surface area (Å²) in [6.45, 7) is 5.03. The summed E-state index contributed by atoms with van der Waals surface area (Å²) >= 11 is 0. The van der Waals surface area contributed by atoms with E-state index in [1.165, 1.54) is 17.0 Å². The minimum Gasteiger partial charge on any atom is -0.480 e. The molecule has 1 aliphatic rings. The molecular weight excluding hydrogens is 641 g/mol. The molecule has 2 atom stereocenters. The van der Waals surface area contributed by atoms with E-state index in [1.54, 1.807) is 39.0 Å². The maximum absolute atomic E-state index is 13.7. The highest BCUT2D eigenvalue weighted by molar-refractivity contribution is 5.90. The van der Waals surface area contributed by atoms with E-state index in [9.17, 15) is 32.7 Å². The van der Waals surface area contributed by atoms with Crippen molar-refractivity contribution in [2.45, 2.75) is 64.2 Å². The lowest BCUT2D eigenvalue weighted by Gasteiger charge is -2.37. The second-order valence-corrected chi connectivity index (χ2v) is 12.5. The first-order valence-corrected chi connectivity index (χ1v) is 15.5. The highest BCUT2D eigenvalue weighted by atomic mass is 19.4. The van der Waals surface area contributed by atoms with Gasteiger partial charge >= 0.3 is 18.4 Å². The van der Waals surface area contributed by atoms with Crippen LogP contribution in [0.2, 0.25) is 0 Å². The van der Waals surface area contributed by atoms with Gasteiger partial charge in [-0.05, 0) is 85.0 Å². The summed E-state index contributed by atoms with van der Waals surface area (Å²) in [6.07, 6.45) is -5.48. The Morgan fingerprint density at radius 1 is 0.837 bits per heavy atom. The van der Waals surface area contributed by atoms with E-state index in [0.29, 0.717) is 16.9 Å². The van der Waals surface area contributed by atoms with E-state index < -0.39 is 47.8 Å². The fourth-order valence-electron chi connectivity index (χ4n) is 5.38. The van der Waals surface area contributed by atoms with Crippen LogP contribution in [-0.4, -0.2) is 52.0 Å². The van der Waals surface area contributed by atoms with Gasteiger partial charge in [-0.15, -0.1) is 13.2 Å². The molecule has 9 nitrogen and oxygen atoms in total. The smallest absolute Gasteiger partial charge is 0.480 e. The van der Waals surface area contributed by atoms with Gasteiger partial charge in [0, 0.05) is 12.8 Å². The van der Waals surface area contributed by atoms with Gasteiger partial charge in [0.1, 0.15) is 34.9 Å². The van der Waals surface area contributed by atoms with Gasteiger partial charge in [-0.1, -0.05) is 60.7 Å². The molecule has 0 bridgehead atoms. The number of ether oxygens (including phenoxy) is 3. The first kappa shape index (κ1) is 34.8. The quantitative estimate of drug-likeness (QED) is 0.189. The normalized spacial score (nSPS) is 15.1. The van der Waals surface area contributed by atoms with Crippen LogP contribution >= 0.6 is 0 Å². The molecule has 256 valence electrons. The van der Waals surface area contributed by atoms with E-state index in [4.69, 9.17) is 9.47 Å². The monoisotopic (exact) mass is 676 g/mol. The molecule has 1 aliphatic heterocycles. The van der Waals surface area contributed by atoms with Crippen LogP contribution in [0.4, 0.5) is 18.0 Å². The molecule has 5 rings (SSSR count). The Morgan fingerprint density at radius 2 is 1.45 bits per heavy atom. The van der Waals surface area contributed by atoms with Crippen LogP contribution in [-0.2, 0) is 33.7 Å². The number of carbonyl (C=O) groups is 3. The van der Waals surface area contributed by atoms with Gasteiger partial charge in [0.2, 0.25) is 5.91 Å². The molecule has 1 heterocycles. The molecule has 0 radical (unpaired) electrons. The van der Waals surface area contributed by atoms with Gasteiger partial charge in [0.15, 0.2) is 0 Å². The number of carboxylic acids is 1. The zero-order valence-electron chi connectivity index (χ0n) is 27.0. The number of benzene rings is 4. The molecule has 0 unspecified atom stereocenters. The molecule has 0 fully saturated rings. The summed E-state index contributed by atoms with van der Waals surface area (Å²) in [5, 5.41) is 12.7. The molecule has 0 saturated heterocycles. The van der Waals surface area contributed by atoms with Crippen LogP contribution in [0.25, 0.3) is 11.1 Å². The summed E-state index contributed by atoms with van der Waals surface area (Å²) < 4.78 is 52.9. The number of fused-ring (bicyclic) bond motifs is 1. The maximum Gasteiger partial charge on any atom is 0.573 e. The minimum atomic E-state index is -4.82. The molecule has 0 aromatic heterocycles. The summed E-state index contributed by atoms with van der Waals surface area (Å²) in [5.74, 6) is -1.67. The number of nitrogens with zero attached hydrogens (tertiary/aromatic N) is 1. The molecule has 12 heteroatoms. The van der Waals surface area contributed by atoms with Crippen molar-refractivity contribution < 1.29 is 46.9 Å². The third-order valence-corrected chi connectivity index (χ3v) is 7.65. The molecule has 2 N–H and O–H groups in total. The third kappa shape index (κ3) is 9.53. The number of carbonyl (C=O) groups excluding carboxylic acids is 2. The van der Waals surface area contributed by atoms with Crippen molar-refractivity contribution >= 4 is 18.0 Å². The molecular formula is C37H35F3N2O7. The van der Waals surface area contributed by atoms with Gasteiger partial charge in [-0.3, -0.25) is 9.69 Å². The summed E-state index contributed by atoms with van der Waals surface area (Å²) in [4.78, 5) is 40.7. The van der Waals surface area contributed by atoms with Gasteiger partial charge in [-0.2, -0.15) is 0 Å². The van der Waals surface area contributed by atoms with Crippen molar-refractivity contribution in [3.05, 3.63) is 114 Å². The van der Waals surface area contributed by atoms with Crippen LogP contribution in [0.1, 0.15) is 37.5 Å². The van der Waals surface area contributed by atoms with Crippen molar-refractivity contribution in [3.63, 3.8) is 0 Å². The van der Waals surface area contributed by atoms with Crippen molar-refractivity contribution in [2.24, 2.45) is 0 Å². The van der Waals surface area contributed by atoms with Crippen molar-refractivity contribution in [1.82, 2.24) is 10.2 Å². The third-order valence-electron chi connectivity index (χ3n) is 7.65. The lowest BCUT2D eigenvalue weighted by molar-refractivity contribution is -0.274. The second kappa shape index (κ2) is 14.3. The van der Waals surface area contributed by atoms with Gasteiger partial charge in [0.25, 0.3) is 0 Å². The standard InChI is InChI=1S/C37H35F3N2O7/c1-36(2,3)49-35(46)42-22-27-20-30(47-28-15-17-29(18-16-28)48-37(38,39)40)14-13-26(27)21-32(42)33(43)41-31(34(44)45)19-23-9-11-25(12-10-23)24-7-5-4-6-8-24/h4-18,20,31-32H,19,21-22H2,1-3H3,(H,41,43)(H,44,45)/t31-,32-/m0/s1. The molecule has 0 saturated carbocycles. The molecule has 4 aromatic rings. The van der Waals surface area contributed by atoms with E-state index >= 15 is 0 Å². The fraction of sp³-hybridized carbons (Fsp3) is 0.270. The number of rotatable bonds is 9. The van der Waals surface area contributed by atoms with E-state index in [2.05, 4.69) is 10.1 Å². The van der Waals surface area contributed by atoms with Crippen LogP contribution in [0.3, 0.4) is 0 Å². The highest BCUT2D eigenvalue weighted by Crippen LogP contribution is 2.32. The number of halogens is 3. The van der Waals surface area contributed by atoms with E-state index in [1.807, 2.05) is 54.6 Å². The van der Waals surface area contributed by atoms with Crippen LogP contribution in [0.15, 0.2) is 97.1 Å².